The van der Waals surface area contributed by atoms with E-state index in [4.69, 9.17) is 0 Å². The molecule has 0 saturated carbocycles. The van der Waals surface area contributed by atoms with E-state index in [2.05, 4.69) is 17.6 Å². The fourth-order valence-electron chi connectivity index (χ4n) is 2.05. The first-order chi connectivity index (χ1) is 7.31. The number of hydrogen-bond donors (Lipinski definition) is 2. The molecule has 0 fully saturated rings. The van der Waals surface area contributed by atoms with Crippen LogP contribution in [0.1, 0.15) is 26.2 Å². The van der Waals surface area contributed by atoms with Crippen LogP contribution in [0, 0.1) is 5.82 Å². The van der Waals surface area contributed by atoms with Gasteiger partial charge in [0.15, 0.2) is 0 Å². The molecule has 1 aliphatic heterocycles. The molecule has 0 aromatic heterocycles. The maximum atomic E-state index is 13.5. The molecule has 0 spiro atoms. The minimum atomic E-state index is -0.169. The van der Waals surface area contributed by atoms with E-state index in [-0.39, 0.29) is 5.82 Å². The zero-order valence-electron chi connectivity index (χ0n) is 9.02. The van der Waals surface area contributed by atoms with Crippen molar-refractivity contribution in [2.75, 3.05) is 17.2 Å². The summed E-state index contributed by atoms with van der Waals surface area (Å²) < 4.78 is 13.5. The Morgan fingerprint density at radius 1 is 1.47 bits per heavy atom. The third-order valence-electron chi connectivity index (χ3n) is 2.80. The molecule has 1 aromatic rings. The van der Waals surface area contributed by atoms with Crippen molar-refractivity contribution < 1.29 is 4.39 Å². The van der Waals surface area contributed by atoms with E-state index in [9.17, 15) is 4.39 Å². The number of para-hydroxylation sites is 1. The van der Waals surface area contributed by atoms with Gasteiger partial charge in [0.05, 0.1) is 11.4 Å². The largest absolute Gasteiger partial charge is 0.381 e. The summed E-state index contributed by atoms with van der Waals surface area (Å²) in [5.41, 5.74) is 1.52. The maximum absolute atomic E-state index is 13.5. The van der Waals surface area contributed by atoms with Gasteiger partial charge < -0.3 is 10.6 Å². The third kappa shape index (κ3) is 2.22. The number of nitrogens with one attached hydrogen (secondary N) is 2. The Labute approximate surface area is 89.9 Å². The van der Waals surface area contributed by atoms with E-state index >= 15 is 0 Å². The second kappa shape index (κ2) is 4.51. The quantitative estimate of drug-likeness (QED) is 0.779. The molecule has 0 bridgehead atoms. The summed E-state index contributed by atoms with van der Waals surface area (Å²) in [7, 11) is 0. The topological polar surface area (TPSA) is 24.1 Å². The average Bonchev–Trinajstić information content (AvgIpc) is 2.41. The van der Waals surface area contributed by atoms with Gasteiger partial charge in [-0.15, -0.1) is 0 Å². The first-order valence-corrected chi connectivity index (χ1v) is 5.60. The van der Waals surface area contributed by atoms with Gasteiger partial charge in [0.1, 0.15) is 5.82 Å². The lowest BCUT2D eigenvalue weighted by molar-refractivity contribution is 0.615. The molecule has 1 unspecified atom stereocenters. The number of halogens is 1. The highest BCUT2D eigenvalue weighted by Gasteiger charge is 2.16. The minimum Gasteiger partial charge on any atom is -0.381 e. The maximum Gasteiger partial charge on any atom is 0.148 e. The lowest BCUT2D eigenvalue weighted by atomic mass is 10.1. The summed E-state index contributed by atoms with van der Waals surface area (Å²) in [4.78, 5) is 0. The van der Waals surface area contributed by atoms with Crippen LogP contribution >= 0.6 is 0 Å². The van der Waals surface area contributed by atoms with Crippen LogP contribution in [0.25, 0.3) is 0 Å². The molecule has 1 heterocycles. The Morgan fingerprint density at radius 3 is 3.13 bits per heavy atom. The highest BCUT2D eigenvalue weighted by atomic mass is 19.1. The summed E-state index contributed by atoms with van der Waals surface area (Å²) in [6.07, 6.45) is 3.34. The molecule has 1 aliphatic rings. The summed E-state index contributed by atoms with van der Waals surface area (Å²) >= 11 is 0. The summed E-state index contributed by atoms with van der Waals surface area (Å²) in [5.74, 6) is -0.169. The van der Waals surface area contributed by atoms with Gasteiger partial charge in [-0.3, -0.25) is 0 Å². The summed E-state index contributed by atoms with van der Waals surface area (Å²) in [6.45, 7) is 3.01. The number of fused-ring (bicyclic) bond motifs is 1. The van der Waals surface area contributed by atoms with Crippen LogP contribution in [0.5, 0.6) is 0 Å². The Bertz CT molecular complexity index is 338. The molecule has 1 atom stereocenters. The van der Waals surface area contributed by atoms with E-state index in [1.165, 1.54) is 6.07 Å². The van der Waals surface area contributed by atoms with Gasteiger partial charge >= 0.3 is 0 Å². The molecule has 2 nitrogen and oxygen atoms in total. The molecule has 0 saturated heterocycles. The predicted octanol–water partition coefficient (Wildman–Crippen LogP) is 3.22. The highest BCUT2D eigenvalue weighted by molar-refractivity contribution is 5.70. The standard InChI is InChI=1S/C12H17FN2/c1-2-4-9-7-8-14-12-10(13)5-3-6-11(12)15-9/h3,5-6,9,14-15H,2,4,7-8H2,1H3. The van der Waals surface area contributed by atoms with Crippen LogP contribution in [0.4, 0.5) is 15.8 Å². The molecule has 15 heavy (non-hydrogen) atoms. The molecule has 0 amide bonds. The third-order valence-corrected chi connectivity index (χ3v) is 2.80. The van der Waals surface area contributed by atoms with Gasteiger partial charge in [-0.05, 0) is 25.0 Å². The van der Waals surface area contributed by atoms with E-state index in [0.29, 0.717) is 11.7 Å². The molecular formula is C12H17FN2. The predicted molar refractivity (Wildman–Crippen MR) is 61.8 cm³/mol. The van der Waals surface area contributed by atoms with Crippen molar-refractivity contribution >= 4 is 11.4 Å². The number of hydrogen-bond acceptors (Lipinski definition) is 2. The summed E-state index contributed by atoms with van der Waals surface area (Å²) in [5, 5.41) is 6.54. The van der Waals surface area contributed by atoms with Gasteiger partial charge in [0, 0.05) is 12.6 Å². The second-order valence-corrected chi connectivity index (χ2v) is 4.01. The number of anilines is 2. The zero-order chi connectivity index (χ0) is 10.7. The van der Waals surface area contributed by atoms with Crippen molar-refractivity contribution in [3.8, 4) is 0 Å². The van der Waals surface area contributed by atoms with E-state index < -0.39 is 0 Å². The molecule has 1 aromatic carbocycles. The van der Waals surface area contributed by atoms with Crippen LogP contribution in [0.3, 0.4) is 0 Å². The average molecular weight is 208 g/mol. The van der Waals surface area contributed by atoms with Gasteiger partial charge in [0.2, 0.25) is 0 Å². The Balaban J connectivity index is 2.22. The van der Waals surface area contributed by atoms with Gasteiger partial charge in [-0.1, -0.05) is 19.4 Å². The lowest BCUT2D eigenvalue weighted by Gasteiger charge is -2.16. The first-order valence-electron chi connectivity index (χ1n) is 5.60. The Morgan fingerprint density at radius 2 is 2.33 bits per heavy atom. The number of rotatable bonds is 2. The molecule has 3 heteroatoms. The van der Waals surface area contributed by atoms with Crippen molar-refractivity contribution in [1.29, 1.82) is 0 Å². The van der Waals surface area contributed by atoms with Crippen LogP contribution in [-0.2, 0) is 0 Å². The normalized spacial score (nSPS) is 19.7. The molecule has 0 aliphatic carbocycles. The zero-order valence-corrected chi connectivity index (χ0v) is 9.02. The SMILES string of the molecule is CCCC1CCNc2c(F)cccc2N1. The lowest BCUT2D eigenvalue weighted by Crippen LogP contribution is -2.19. The minimum absolute atomic E-state index is 0.169. The van der Waals surface area contributed by atoms with Gasteiger partial charge in [-0.2, -0.15) is 0 Å². The molecular weight excluding hydrogens is 191 g/mol. The Kier molecular flexibility index (Phi) is 3.09. The van der Waals surface area contributed by atoms with Crippen molar-refractivity contribution in [3.63, 3.8) is 0 Å². The van der Waals surface area contributed by atoms with E-state index in [1.54, 1.807) is 6.07 Å². The van der Waals surface area contributed by atoms with Crippen LogP contribution in [-0.4, -0.2) is 12.6 Å². The molecule has 82 valence electrons. The fourth-order valence-corrected chi connectivity index (χ4v) is 2.05. The monoisotopic (exact) mass is 208 g/mol. The smallest absolute Gasteiger partial charge is 0.148 e. The number of benzene rings is 1. The summed E-state index contributed by atoms with van der Waals surface area (Å²) in [6, 6.07) is 5.63. The van der Waals surface area contributed by atoms with E-state index in [0.717, 1.165) is 31.5 Å². The molecule has 2 rings (SSSR count). The van der Waals surface area contributed by atoms with Crippen molar-refractivity contribution in [3.05, 3.63) is 24.0 Å². The molecule has 2 N–H and O–H groups in total. The Hall–Kier alpha value is -1.25. The van der Waals surface area contributed by atoms with Crippen LogP contribution in [0.2, 0.25) is 0 Å². The fraction of sp³-hybridized carbons (Fsp3) is 0.500. The van der Waals surface area contributed by atoms with E-state index in [1.807, 2.05) is 6.07 Å². The van der Waals surface area contributed by atoms with Crippen molar-refractivity contribution in [1.82, 2.24) is 0 Å². The van der Waals surface area contributed by atoms with Crippen LogP contribution in [0.15, 0.2) is 18.2 Å². The van der Waals surface area contributed by atoms with Crippen LogP contribution < -0.4 is 10.6 Å². The van der Waals surface area contributed by atoms with Crippen molar-refractivity contribution in [2.24, 2.45) is 0 Å². The van der Waals surface area contributed by atoms with Crippen molar-refractivity contribution in [2.45, 2.75) is 32.2 Å². The molecule has 0 radical (unpaired) electrons. The highest BCUT2D eigenvalue weighted by Crippen LogP contribution is 2.28. The van der Waals surface area contributed by atoms with Gasteiger partial charge in [0.25, 0.3) is 0 Å². The second-order valence-electron chi connectivity index (χ2n) is 4.01. The van der Waals surface area contributed by atoms with Gasteiger partial charge in [-0.25, -0.2) is 4.39 Å². The first kappa shape index (κ1) is 10.3.